The van der Waals surface area contributed by atoms with Crippen LogP contribution in [0.3, 0.4) is 0 Å². The minimum atomic E-state index is -0.704. The second kappa shape index (κ2) is 10.4. The monoisotopic (exact) mass is 423 g/mol. The maximum Gasteiger partial charge on any atom is 0.231 e. The quantitative estimate of drug-likeness (QED) is 0.531. The zero-order valence-electron chi connectivity index (χ0n) is 17.2. The maximum atomic E-state index is 14.2. The lowest BCUT2D eigenvalue weighted by Crippen LogP contribution is -2.34. The third kappa shape index (κ3) is 6.04. The summed E-state index contributed by atoms with van der Waals surface area (Å²) in [6.45, 7) is 2.10. The normalized spacial score (nSPS) is 13.5. The van der Waals surface area contributed by atoms with Crippen LogP contribution in [-0.4, -0.2) is 36.1 Å². The van der Waals surface area contributed by atoms with Crippen molar-refractivity contribution in [3.8, 4) is 11.5 Å². The van der Waals surface area contributed by atoms with Crippen LogP contribution in [0.1, 0.15) is 16.7 Å². The molecule has 6 heteroatoms. The Labute approximate surface area is 181 Å². The van der Waals surface area contributed by atoms with Crippen LogP contribution in [0.25, 0.3) is 0 Å². The fourth-order valence-corrected chi connectivity index (χ4v) is 3.59. The first kappa shape index (κ1) is 21.3. The molecule has 0 unspecified atom stereocenters. The Morgan fingerprint density at radius 2 is 1.68 bits per heavy atom. The summed E-state index contributed by atoms with van der Waals surface area (Å²) in [6, 6.07) is 22.3. The average Bonchev–Trinajstić information content (AvgIpc) is 3.24. The summed E-state index contributed by atoms with van der Waals surface area (Å²) in [7, 11) is 0. The molecule has 0 amide bonds. The third-order valence-electron chi connectivity index (χ3n) is 5.09. The lowest BCUT2D eigenvalue weighted by Gasteiger charge is -2.25. The molecule has 0 fully saturated rings. The van der Waals surface area contributed by atoms with Gasteiger partial charge in [-0.05, 0) is 29.3 Å². The Kier molecular flexibility index (Phi) is 7.14. The SMILES string of the molecule is O[C@H](COCc1ccccc1)CN(Cc1ccc2c(c1)OCO2)Cc1ccccc1F. The summed E-state index contributed by atoms with van der Waals surface area (Å²) in [6.07, 6.45) is -0.704. The van der Waals surface area contributed by atoms with Gasteiger partial charge in [-0.15, -0.1) is 0 Å². The van der Waals surface area contributed by atoms with Gasteiger partial charge in [0, 0.05) is 25.2 Å². The molecule has 3 aromatic rings. The lowest BCUT2D eigenvalue weighted by molar-refractivity contribution is 0.00696. The van der Waals surface area contributed by atoms with Crippen molar-refractivity contribution < 1.29 is 23.7 Å². The molecule has 0 saturated heterocycles. The van der Waals surface area contributed by atoms with Crippen molar-refractivity contribution in [3.63, 3.8) is 0 Å². The van der Waals surface area contributed by atoms with Gasteiger partial charge in [-0.25, -0.2) is 4.39 Å². The summed E-state index contributed by atoms with van der Waals surface area (Å²) in [5.74, 6) is 1.17. The number of hydrogen-bond donors (Lipinski definition) is 1. The highest BCUT2D eigenvalue weighted by Crippen LogP contribution is 2.33. The van der Waals surface area contributed by atoms with Crippen molar-refractivity contribution in [2.45, 2.75) is 25.8 Å². The van der Waals surface area contributed by atoms with Gasteiger partial charge in [0.15, 0.2) is 11.5 Å². The van der Waals surface area contributed by atoms with Crippen molar-refractivity contribution in [1.29, 1.82) is 0 Å². The molecule has 1 atom stereocenters. The first-order valence-corrected chi connectivity index (χ1v) is 10.3. The van der Waals surface area contributed by atoms with E-state index in [-0.39, 0.29) is 19.2 Å². The molecule has 31 heavy (non-hydrogen) atoms. The molecule has 1 N–H and O–H groups in total. The van der Waals surface area contributed by atoms with Gasteiger partial charge in [-0.1, -0.05) is 54.6 Å². The molecular weight excluding hydrogens is 397 g/mol. The fraction of sp³-hybridized carbons (Fsp3) is 0.280. The fourth-order valence-electron chi connectivity index (χ4n) is 3.59. The molecule has 0 saturated carbocycles. The van der Waals surface area contributed by atoms with E-state index in [9.17, 15) is 9.50 Å². The topological polar surface area (TPSA) is 51.2 Å². The number of halogens is 1. The first-order valence-electron chi connectivity index (χ1n) is 10.3. The standard InChI is InChI=1S/C25H26FNO4/c26-23-9-5-4-8-21(23)14-27(13-20-10-11-24-25(12-20)31-18-30-24)15-22(28)17-29-16-19-6-2-1-3-7-19/h1-12,22,28H,13-18H2/t22-/m0/s1. The van der Waals surface area contributed by atoms with Gasteiger partial charge in [0.2, 0.25) is 6.79 Å². The number of aliphatic hydroxyl groups is 1. The Hall–Kier alpha value is -2.93. The number of ether oxygens (including phenoxy) is 3. The van der Waals surface area contributed by atoms with Crippen LogP contribution in [0.5, 0.6) is 11.5 Å². The number of nitrogens with zero attached hydrogens (tertiary/aromatic N) is 1. The minimum Gasteiger partial charge on any atom is -0.454 e. The molecule has 162 valence electrons. The zero-order valence-corrected chi connectivity index (χ0v) is 17.2. The van der Waals surface area contributed by atoms with E-state index in [4.69, 9.17) is 14.2 Å². The molecule has 1 aliphatic rings. The highest BCUT2D eigenvalue weighted by molar-refractivity contribution is 5.44. The van der Waals surface area contributed by atoms with E-state index in [0.717, 1.165) is 16.9 Å². The Balaban J connectivity index is 1.39. The summed E-state index contributed by atoms with van der Waals surface area (Å²) in [4.78, 5) is 2.01. The smallest absolute Gasteiger partial charge is 0.231 e. The summed E-state index contributed by atoms with van der Waals surface area (Å²) in [5.41, 5.74) is 2.64. The van der Waals surface area contributed by atoms with Gasteiger partial charge < -0.3 is 19.3 Å². The predicted molar refractivity (Wildman–Crippen MR) is 115 cm³/mol. The van der Waals surface area contributed by atoms with E-state index in [1.54, 1.807) is 12.1 Å². The van der Waals surface area contributed by atoms with Crippen LogP contribution in [0.4, 0.5) is 4.39 Å². The highest BCUT2D eigenvalue weighted by atomic mass is 19.1. The molecule has 0 aromatic heterocycles. The van der Waals surface area contributed by atoms with Gasteiger partial charge >= 0.3 is 0 Å². The summed E-state index contributed by atoms with van der Waals surface area (Å²) in [5, 5.41) is 10.6. The van der Waals surface area contributed by atoms with Gasteiger partial charge in [-0.2, -0.15) is 0 Å². The second-order valence-corrected chi connectivity index (χ2v) is 7.60. The van der Waals surface area contributed by atoms with Gasteiger partial charge in [0.05, 0.1) is 19.3 Å². The van der Waals surface area contributed by atoms with E-state index >= 15 is 0 Å². The molecule has 0 spiro atoms. The third-order valence-corrected chi connectivity index (χ3v) is 5.09. The number of rotatable bonds is 10. The van der Waals surface area contributed by atoms with Crippen LogP contribution in [0.15, 0.2) is 72.8 Å². The molecular formula is C25H26FNO4. The van der Waals surface area contributed by atoms with Crippen molar-refractivity contribution >= 4 is 0 Å². The van der Waals surface area contributed by atoms with Crippen molar-refractivity contribution in [1.82, 2.24) is 4.90 Å². The van der Waals surface area contributed by atoms with Gasteiger partial charge in [0.25, 0.3) is 0 Å². The van der Waals surface area contributed by atoms with E-state index in [1.807, 2.05) is 59.5 Å². The van der Waals surface area contributed by atoms with Gasteiger partial charge in [-0.3, -0.25) is 4.90 Å². The van der Waals surface area contributed by atoms with E-state index in [0.29, 0.717) is 37.6 Å². The molecule has 4 rings (SSSR count). The van der Waals surface area contributed by atoms with Crippen molar-refractivity contribution in [2.24, 2.45) is 0 Å². The average molecular weight is 423 g/mol. The van der Waals surface area contributed by atoms with E-state index in [1.165, 1.54) is 6.07 Å². The first-order chi connectivity index (χ1) is 15.2. The number of benzene rings is 3. The lowest BCUT2D eigenvalue weighted by atomic mass is 10.1. The summed E-state index contributed by atoms with van der Waals surface area (Å²) < 4.78 is 30.8. The van der Waals surface area contributed by atoms with E-state index in [2.05, 4.69) is 0 Å². The van der Waals surface area contributed by atoms with Gasteiger partial charge in [0.1, 0.15) is 5.82 Å². The number of fused-ring (bicyclic) bond motifs is 1. The predicted octanol–water partition coefficient (Wildman–Crippen LogP) is 4.13. The van der Waals surface area contributed by atoms with Crippen LogP contribution < -0.4 is 9.47 Å². The van der Waals surface area contributed by atoms with Crippen LogP contribution in [0, 0.1) is 5.82 Å². The highest BCUT2D eigenvalue weighted by Gasteiger charge is 2.18. The molecule has 0 radical (unpaired) electrons. The van der Waals surface area contributed by atoms with Crippen molar-refractivity contribution in [3.05, 3.63) is 95.3 Å². The Morgan fingerprint density at radius 1 is 0.903 bits per heavy atom. The largest absolute Gasteiger partial charge is 0.454 e. The van der Waals surface area contributed by atoms with Crippen LogP contribution >= 0.6 is 0 Å². The van der Waals surface area contributed by atoms with Crippen molar-refractivity contribution in [2.75, 3.05) is 19.9 Å². The molecule has 0 aliphatic carbocycles. The second-order valence-electron chi connectivity index (χ2n) is 7.60. The molecule has 1 heterocycles. The van der Waals surface area contributed by atoms with Crippen LogP contribution in [-0.2, 0) is 24.4 Å². The molecule has 3 aromatic carbocycles. The van der Waals surface area contributed by atoms with Crippen LogP contribution in [0.2, 0.25) is 0 Å². The Morgan fingerprint density at radius 3 is 2.52 bits per heavy atom. The molecule has 5 nitrogen and oxygen atoms in total. The Bertz CT molecular complexity index is 982. The number of aliphatic hydroxyl groups excluding tert-OH is 1. The number of hydrogen-bond acceptors (Lipinski definition) is 5. The molecule has 1 aliphatic heterocycles. The zero-order chi connectivity index (χ0) is 21.5. The summed E-state index contributed by atoms with van der Waals surface area (Å²) >= 11 is 0. The van der Waals surface area contributed by atoms with E-state index < -0.39 is 6.10 Å². The molecule has 0 bridgehead atoms. The maximum absolute atomic E-state index is 14.2. The minimum absolute atomic E-state index is 0.198.